The van der Waals surface area contributed by atoms with Crippen molar-refractivity contribution in [3.8, 4) is 5.75 Å². The summed E-state index contributed by atoms with van der Waals surface area (Å²) in [5.74, 6) is 1.01. The summed E-state index contributed by atoms with van der Waals surface area (Å²) in [6.07, 6.45) is 3.59. The van der Waals surface area contributed by atoms with Gasteiger partial charge in [0.2, 0.25) is 5.91 Å². The van der Waals surface area contributed by atoms with Crippen LogP contribution in [-0.2, 0) is 11.3 Å². The van der Waals surface area contributed by atoms with Crippen LogP contribution in [0.25, 0.3) is 0 Å². The van der Waals surface area contributed by atoms with E-state index in [0.717, 1.165) is 37.3 Å². The summed E-state index contributed by atoms with van der Waals surface area (Å²) < 4.78 is 1.93. The van der Waals surface area contributed by atoms with Crippen molar-refractivity contribution in [2.45, 2.75) is 46.2 Å². The minimum Gasteiger partial charge on any atom is -0.508 e. The molecule has 0 aliphatic carbocycles. The van der Waals surface area contributed by atoms with Crippen molar-refractivity contribution in [2.24, 2.45) is 5.41 Å². The third-order valence-corrected chi connectivity index (χ3v) is 5.17. The minimum atomic E-state index is -0.447. The van der Waals surface area contributed by atoms with Gasteiger partial charge in [0.15, 0.2) is 0 Å². The number of nitrogens with one attached hydrogen (secondary N) is 1. The fourth-order valence-corrected chi connectivity index (χ4v) is 3.45. The summed E-state index contributed by atoms with van der Waals surface area (Å²) in [6.45, 7) is 8.14. The largest absolute Gasteiger partial charge is 0.508 e. The third-order valence-electron chi connectivity index (χ3n) is 4.93. The molecule has 2 N–H and O–H groups in total. The summed E-state index contributed by atoms with van der Waals surface area (Å²) in [5.41, 5.74) is 0.399. The lowest BCUT2D eigenvalue weighted by Crippen LogP contribution is -2.35. The van der Waals surface area contributed by atoms with Crippen LogP contribution in [0.15, 0.2) is 30.5 Å². The first-order valence-corrected chi connectivity index (χ1v) is 9.66. The van der Waals surface area contributed by atoms with E-state index in [1.807, 2.05) is 37.6 Å². The van der Waals surface area contributed by atoms with Gasteiger partial charge in [-0.05, 0) is 31.0 Å². The van der Waals surface area contributed by atoms with Crippen molar-refractivity contribution in [1.29, 1.82) is 0 Å². The van der Waals surface area contributed by atoms with E-state index >= 15 is 0 Å². The maximum Gasteiger partial charge on any atom is 0.230 e. The zero-order valence-electron chi connectivity index (χ0n) is 16.1. The standard InChI is InChI=1S/C20H27ClN4O2/c1-20(2,3)19(27)23-18-6-9-22-25(18)16-7-10-24(11-8-16)13-14-12-15(21)4-5-17(14)26/h4-6,9,12,16,26H,7-8,10-11,13H2,1-3H3,(H,23,27). The smallest absolute Gasteiger partial charge is 0.230 e. The maximum absolute atomic E-state index is 12.3. The van der Waals surface area contributed by atoms with E-state index in [2.05, 4.69) is 15.3 Å². The number of piperidine rings is 1. The second-order valence-corrected chi connectivity index (χ2v) is 8.58. The van der Waals surface area contributed by atoms with Gasteiger partial charge in [0, 0.05) is 41.7 Å². The lowest BCUT2D eigenvalue weighted by molar-refractivity contribution is -0.123. The Morgan fingerprint density at radius 2 is 2.00 bits per heavy atom. The van der Waals surface area contributed by atoms with Crippen LogP contribution in [0.5, 0.6) is 5.75 Å². The highest BCUT2D eigenvalue weighted by atomic mass is 35.5. The molecular weight excluding hydrogens is 364 g/mol. The van der Waals surface area contributed by atoms with Crippen LogP contribution in [0, 0.1) is 5.41 Å². The lowest BCUT2D eigenvalue weighted by atomic mass is 9.96. The first-order chi connectivity index (χ1) is 12.7. The molecule has 7 heteroatoms. The van der Waals surface area contributed by atoms with Gasteiger partial charge in [-0.2, -0.15) is 5.10 Å². The Bertz CT molecular complexity index is 805. The molecule has 3 rings (SSSR count). The molecule has 2 aromatic rings. The molecule has 1 fully saturated rings. The number of nitrogens with zero attached hydrogens (tertiary/aromatic N) is 3. The zero-order valence-corrected chi connectivity index (χ0v) is 16.8. The number of rotatable bonds is 4. The number of carbonyl (C=O) groups is 1. The second kappa shape index (κ2) is 7.90. The predicted octanol–water partition coefficient (Wildman–Crippen LogP) is 4.06. The van der Waals surface area contributed by atoms with Crippen LogP contribution in [0.4, 0.5) is 5.82 Å². The molecule has 0 saturated carbocycles. The molecule has 1 aromatic carbocycles. The number of hydrogen-bond acceptors (Lipinski definition) is 4. The number of benzene rings is 1. The molecule has 1 aromatic heterocycles. The number of phenols is 1. The Morgan fingerprint density at radius 1 is 1.30 bits per heavy atom. The van der Waals surface area contributed by atoms with E-state index in [1.165, 1.54) is 0 Å². The zero-order chi connectivity index (χ0) is 19.6. The number of amides is 1. The van der Waals surface area contributed by atoms with E-state index in [1.54, 1.807) is 18.3 Å². The Morgan fingerprint density at radius 3 is 2.67 bits per heavy atom. The molecule has 2 heterocycles. The second-order valence-electron chi connectivity index (χ2n) is 8.15. The quantitative estimate of drug-likeness (QED) is 0.825. The Kier molecular flexibility index (Phi) is 5.77. The first-order valence-electron chi connectivity index (χ1n) is 9.29. The molecule has 0 unspecified atom stereocenters. The van der Waals surface area contributed by atoms with Gasteiger partial charge in [-0.25, -0.2) is 4.68 Å². The van der Waals surface area contributed by atoms with Gasteiger partial charge in [0.05, 0.1) is 12.2 Å². The highest BCUT2D eigenvalue weighted by Gasteiger charge is 2.26. The van der Waals surface area contributed by atoms with E-state index in [9.17, 15) is 9.90 Å². The fraction of sp³-hybridized carbons (Fsp3) is 0.500. The molecule has 0 bridgehead atoms. The van der Waals surface area contributed by atoms with E-state index in [4.69, 9.17) is 11.6 Å². The van der Waals surface area contributed by atoms with Crippen LogP contribution in [0.2, 0.25) is 5.02 Å². The van der Waals surface area contributed by atoms with Gasteiger partial charge in [-0.1, -0.05) is 32.4 Å². The number of halogens is 1. The average molecular weight is 391 g/mol. The minimum absolute atomic E-state index is 0.0156. The number of carbonyl (C=O) groups excluding carboxylic acids is 1. The van der Waals surface area contributed by atoms with Crippen LogP contribution in [0.1, 0.15) is 45.2 Å². The lowest BCUT2D eigenvalue weighted by Gasteiger charge is -2.33. The molecule has 0 spiro atoms. The van der Waals surface area contributed by atoms with Gasteiger partial charge >= 0.3 is 0 Å². The van der Waals surface area contributed by atoms with Crippen LogP contribution >= 0.6 is 11.6 Å². The number of anilines is 1. The van der Waals surface area contributed by atoms with Gasteiger partial charge in [-0.3, -0.25) is 9.69 Å². The number of likely N-dealkylation sites (tertiary alicyclic amines) is 1. The number of hydrogen-bond donors (Lipinski definition) is 2. The summed E-state index contributed by atoms with van der Waals surface area (Å²) in [5, 5.41) is 18.1. The Balaban J connectivity index is 1.61. The van der Waals surface area contributed by atoms with Crippen molar-refractivity contribution in [2.75, 3.05) is 18.4 Å². The van der Waals surface area contributed by atoms with E-state index in [-0.39, 0.29) is 17.7 Å². The van der Waals surface area contributed by atoms with Crippen LogP contribution in [-0.4, -0.2) is 38.8 Å². The number of aromatic hydroxyl groups is 1. The van der Waals surface area contributed by atoms with E-state index < -0.39 is 5.41 Å². The highest BCUT2D eigenvalue weighted by Crippen LogP contribution is 2.29. The van der Waals surface area contributed by atoms with Crippen molar-refractivity contribution < 1.29 is 9.90 Å². The van der Waals surface area contributed by atoms with Crippen LogP contribution < -0.4 is 5.32 Å². The molecular formula is C20H27ClN4O2. The summed E-state index contributed by atoms with van der Waals surface area (Å²) in [4.78, 5) is 14.6. The number of phenolic OH excluding ortho intramolecular Hbond substituents is 1. The predicted molar refractivity (Wildman–Crippen MR) is 107 cm³/mol. The molecule has 0 atom stereocenters. The first kappa shape index (κ1) is 19.7. The normalized spacial score (nSPS) is 16.4. The SMILES string of the molecule is CC(C)(C)C(=O)Nc1ccnn1C1CCN(Cc2cc(Cl)ccc2O)CC1. The molecule has 27 heavy (non-hydrogen) atoms. The molecule has 146 valence electrons. The maximum atomic E-state index is 12.3. The Hall–Kier alpha value is -2.05. The van der Waals surface area contributed by atoms with E-state index in [0.29, 0.717) is 11.6 Å². The molecule has 1 aliphatic heterocycles. The van der Waals surface area contributed by atoms with Crippen molar-refractivity contribution in [3.05, 3.63) is 41.0 Å². The molecule has 0 radical (unpaired) electrons. The van der Waals surface area contributed by atoms with Gasteiger partial charge in [-0.15, -0.1) is 0 Å². The van der Waals surface area contributed by atoms with Crippen molar-refractivity contribution >= 4 is 23.3 Å². The van der Waals surface area contributed by atoms with Gasteiger partial charge < -0.3 is 10.4 Å². The highest BCUT2D eigenvalue weighted by molar-refractivity contribution is 6.30. The Labute approximate surface area is 165 Å². The third kappa shape index (κ3) is 4.82. The fourth-order valence-electron chi connectivity index (χ4n) is 3.25. The summed E-state index contributed by atoms with van der Waals surface area (Å²) in [6, 6.07) is 7.24. The van der Waals surface area contributed by atoms with Crippen LogP contribution in [0.3, 0.4) is 0 Å². The van der Waals surface area contributed by atoms with Crippen molar-refractivity contribution in [1.82, 2.24) is 14.7 Å². The molecule has 6 nitrogen and oxygen atoms in total. The monoisotopic (exact) mass is 390 g/mol. The van der Waals surface area contributed by atoms with Gasteiger partial charge in [0.1, 0.15) is 11.6 Å². The molecule has 1 saturated heterocycles. The number of aromatic nitrogens is 2. The van der Waals surface area contributed by atoms with Crippen molar-refractivity contribution in [3.63, 3.8) is 0 Å². The van der Waals surface area contributed by atoms with Gasteiger partial charge in [0.25, 0.3) is 0 Å². The topological polar surface area (TPSA) is 70.4 Å². The molecule has 1 amide bonds. The molecule has 1 aliphatic rings. The average Bonchev–Trinajstić information content (AvgIpc) is 3.06. The summed E-state index contributed by atoms with van der Waals surface area (Å²) in [7, 11) is 0. The summed E-state index contributed by atoms with van der Waals surface area (Å²) >= 11 is 6.04.